The van der Waals surface area contributed by atoms with Crippen LogP contribution in [-0.4, -0.2) is 16.6 Å². The second-order valence-corrected chi connectivity index (χ2v) is 5.81. The van der Waals surface area contributed by atoms with E-state index in [0.717, 1.165) is 31.2 Å². The summed E-state index contributed by atoms with van der Waals surface area (Å²) >= 11 is 0. The van der Waals surface area contributed by atoms with E-state index in [1.807, 2.05) is 6.92 Å². The Morgan fingerprint density at radius 1 is 1.53 bits per heavy atom. The van der Waals surface area contributed by atoms with Crippen LogP contribution in [0.2, 0.25) is 0 Å². The summed E-state index contributed by atoms with van der Waals surface area (Å²) in [5.74, 6) is 0.513. The lowest BCUT2D eigenvalue weighted by Crippen LogP contribution is -2.53. The first-order chi connectivity index (χ1) is 8.90. The second-order valence-electron chi connectivity index (χ2n) is 5.81. The first-order valence-electron chi connectivity index (χ1n) is 6.81. The standard InChI is InChI=1S/C15H22N2O2/c1-10-4-3-7-15(16,9-10)14(19)17-12-6-5-11(2)13(18)8-12/h5-6,8,10,18H,3-4,7,9,16H2,1-2H3,(H,17,19). The molecule has 19 heavy (non-hydrogen) atoms. The Kier molecular flexibility index (Phi) is 3.80. The van der Waals surface area contributed by atoms with Crippen LogP contribution in [0.1, 0.15) is 38.2 Å². The van der Waals surface area contributed by atoms with Gasteiger partial charge in [-0.15, -0.1) is 0 Å². The number of hydrogen-bond donors (Lipinski definition) is 3. The maximum atomic E-state index is 12.3. The minimum Gasteiger partial charge on any atom is -0.508 e. The molecule has 1 fully saturated rings. The Labute approximate surface area is 114 Å². The third-order valence-corrected chi connectivity index (χ3v) is 3.95. The van der Waals surface area contributed by atoms with E-state index in [-0.39, 0.29) is 11.7 Å². The fraction of sp³-hybridized carbons (Fsp3) is 0.533. The summed E-state index contributed by atoms with van der Waals surface area (Å²) in [6.45, 7) is 3.94. The Morgan fingerprint density at radius 3 is 2.89 bits per heavy atom. The van der Waals surface area contributed by atoms with Crippen molar-refractivity contribution in [2.24, 2.45) is 11.7 Å². The molecule has 2 unspecified atom stereocenters. The van der Waals surface area contributed by atoms with Gasteiger partial charge in [-0.1, -0.05) is 25.8 Å². The van der Waals surface area contributed by atoms with Gasteiger partial charge in [0.15, 0.2) is 0 Å². The fourth-order valence-corrected chi connectivity index (χ4v) is 2.74. The van der Waals surface area contributed by atoms with Crippen molar-refractivity contribution >= 4 is 11.6 Å². The van der Waals surface area contributed by atoms with Gasteiger partial charge in [-0.2, -0.15) is 0 Å². The topological polar surface area (TPSA) is 75.4 Å². The van der Waals surface area contributed by atoms with Crippen LogP contribution in [0, 0.1) is 12.8 Å². The van der Waals surface area contributed by atoms with Gasteiger partial charge in [0.2, 0.25) is 5.91 Å². The smallest absolute Gasteiger partial charge is 0.244 e. The van der Waals surface area contributed by atoms with Crippen LogP contribution in [0.5, 0.6) is 5.75 Å². The number of phenols is 1. The summed E-state index contributed by atoms with van der Waals surface area (Å²) in [5.41, 5.74) is 6.83. The Bertz CT molecular complexity index is 487. The molecule has 0 radical (unpaired) electrons. The van der Waals surface area contributed by atoms with Gasteiger partial charge in [0, 0.05) is 11.8 Å². The number of nitrogens with one attached hydrogen (secondary N) is 1. The quantitative estimate of drug-likeness (QED) is 0.766. The van der Waals surface area contributed by atoms with Gasteiger partial charge < -0.3 is 16.2 Å². The van der Waals surface area contributed by atoms with E-state index < -0.39 is 5.54 Å². The molecule has 1 aromatic rings. The summed E-state index contributed by atoms with van der Waals surface area (Å²) in [7, 11) is 0. The van der Waals surface area contributed by atoms with Gasteiger partial charge in [-0.25, -0.2) is 0 Å². The molecule has 1 aliphatic carbocycles. The van der Waals surface area contributed by atoms with E-state index in [1.165, 1.54) is 0 Å². The number of carbonyl (C=O) groups is 1. The highest BCUT2D eigenvalue weighted by molar-refractivity contribution is 5.98. The van der Waals surface area contributed by atoms with Gasteiger partial charge in [0.05, 0.1) is 5.54 Å². The molecule has 2 rings (SSSR count). The maximum Gasteiger partial charge on any atom is 0.244 e. The van der Waals surface area contributed by atoms with E-state index in [1.54, 1.807) is 18.2 Å². The molecule has 0 aromatic heterocycles. The number of anilines is 1. The molecule has 1 amide bonds. The summed E-state index contributed by atoms with van der Waals surface area (Å²) in [6.07, 6.45) is 3.57. The van der Waals surface area contributed by atoms with Crippen LogP contribution in [0.15, 0.2) is 18.2 Å². The summed E-state index contributed by atoms with van der Waals surface area (Å²) in [5, 5.41) is 12.5. The lowest BCUT2D eigenvalue weighted by molar-refractivity contribution is -0.122. The van der Waals surface area contributed by atoms with Crippen molar-refractivity contribution < 1.29 is 9.90 Å². The second kappa shape index (κ2) is 5.21. The van der Waals surface area contributed by atoms with Crippen molar-refractivity contribution in [3.8, 4) is 5.75 Å². The number of amides is 1. The molecule has 0 saturated heterocycles. The largest absolute Gasteiger partial charge is 0.508 e. The molecule has 1 aromatic carbocycles. The SMILES string of the molecule is Cc1ccc(NC(=O)C2(N)CCCC(C)C2)cc1O. The zero-order chi connectivity index (χ0) is 14.0. The van der Waals surface area contributed by atoms with Crippen molar-refractivity contribution in [1.82, 2.24) is 0 Å². The highest BCUT2D eigenvalue weighted by Gasteiger charge is 2.37. The van der Waals surface area contributed by atoms with Gasteiger partial charge >= 0.3 is 0 Å². The van der Waals surface area contributed by atoms with Crippen LogP contribution in [0.25, 0.3) is 0 Å². The summed E-state index contributed by atoms with van der Waals surface area (Å²) < 4.78 is 0. The molecular formula is C15H22N2O2. The van der Waals surface area contributed by atoms with E-state index in [9.17, 15) is 9.90 Å². The van der Waals surface area contributed by atoms with Crippen molar-refractivity contribution in [3.05, 3.63) is 23.8 Å². The van der Waals surface area contributed by atoms with Gasteiger partial charge in [-0.05, 0) is 37.3 Å². The molecule has 1 aliphatic rings. The number of aromatic hydroxyl groups is 1. The predicted molar refractivity (Wildman–Crippen MR) is 76.0 cm³/mol. The van der Waals surface area contributed by atoms with E-state index >= 15 is 0 Å². The maximum absolute atomic E-state index is 12.3. The van der Waals surface area contributed by atoms with E-state index in [4.69, 9.17) is 5.73 Å². The number of aryl methyl sites for hydroxylation is 1. The summed E-state index contributed by atoms with van der Waals surface area (Å²) in [4.78, 5) is 12.3. The number of rotatable bonds is 2. The molecule has 0 spiro atoms. The highest BCUT2D eigenvalue weighted by atomic mass is 16.3. The van der Waals surface area contributed by atoms with Crippen LogP contribution in [-0.2, 0) is 4.79 Å². The molecule has 0 bridgehead atoms. The Hall–Kier alpha value is -1.55. The molecule has 0 heterocycles. The monoisotopic (exact) mass is 262 g/mol. The number of hydrogen-bond acceptors (Lipinski definition) is 3. The Morgan fingerprint density at radius 2 is 2.26 bits per heavy atom. The number of phenolic OH excluding ortho intramolecular Hbond substituents is 1. The fourth-order valence-electron chi connectivity index (χ4n) is 2.74. The normalized spacial score (nSPS) is 27.0. The molecule has 0 aliphatic heterocycles. The first-order valence-corrected chi connectivity index (χ1v) is 6.81. The minimum absolute atomic E-state index is 0.151. The van der Waals surface area contributed by atoms with Crippen LogP contribution in [0.3, 0.4) is 0 Å². The third kappa shape index (κ3) is 3.07. The van der Waals surface area contributed by atoms with Crippen molar-refractivity contribution in [2.75, 3.05) is 5.32 Å². The molecule has 4 N–H and O–H groups in total. The van der Waals surface area contributed by atoms with Gasteiger partial charge in [0.25, 0.3) is 0 Å². The lowest BCUT2D eigenvalue weighted by Gasteiger charge is -2.35. The van der Waals surface area contributed by atoms with Crippen LogP contribution >= 0.6 is 0 Å². The predicted octanol–water partition coefficient (Wildman–Crippen LogP) is 2.55. The highest BCUT2D eigenvalue weighted by Crippen LogP contribution is 2.31. The number of nitrogens with two attached hydrogens (primary N) is 1. The third-order valence-electron chi connectivity index (χ3n) is 3.95. The van der Waals surface area contributed by atoms with Gasteiger partial charge in [0.1, 0.15) is 5.75 Å². The lowest BCUT2D eigenvalue weighted by atomic mass is 9.76. The number of benzene rings is 1. The first kappa shape index (κ1) is 13.9. The van der Waals surface area contributed by atoms with E-state index in [2.05, 4.69) is 12.2 Å². The molecule has 2 atom stereocenters. The molecular weight excluding hydrogens is 240 g/mol. The van der Waals surface area contributed by atoms with Crippen LogP contribution in [0.4, 0.5) is 5.69 Å². The van der Waals surface area contributed by atoms with Gasteiger partial charge in [-0.3, -0.25) is 4.79 Å². The molecule has 104 valence electrons. The van der Waals surface area contributed by atoms with Crippen molar-refractivity contribution in [3.63, 3.8) is 0 Å². The minimum atomic E-state index is -0.780. The average Bonchev–Trinajstić information content (AvgIpc) is 2.33. The zero-order valence-electron chi connectivity index (χ0n) is 11.6. The molecule has 4 heteroatoms. The molecule has 1 saturated carbocycles. The zero-order valence-corrected chi connectivity index (χ0v) is 11.6. The van der Waals surface area contributed by atoms with Crippen LogP contribution < -0.4 is 11.1 Å². The Balaban J connectivity index is 2.09. The number of carbonyl (C=O) groups excluding carboxylic acids is 1. The average molecular weight is 262 g/mol. The molecule has 4 nitrogen and oxygen atoms in total. The summed E-state index contributed by atoms with van der Waals surface area (Å²) in [6, 6.07) is 5.11. The van der Waals surface area contributed by atoms with E-state index in [0.29, 0.717) is 11.6 Å². The van der Waals surface area contributed by atoms with Crippen molar-refractivity contribution in [2.45, 2.75) is 45.1 Å². The van der Waals surface area contributed by atoms with Crippen molar-refractivity contribution in [1.29, 1.82) is 0 Å².